The second-order valence-electron chi connectivity index (χ2n) is 2.98. The number of aromatic carboxylic acids is 1. The van der Waals surface area contributed by atoms with E-state index in [-0.39, 0.29) is 5.69 Å². The maximum absolute atomic E-state index is 10.6. The first-order chi connectivity index (χ1) is 7.65. The molecule has 6 heteroatoms. The molecule has 2 rings (SSSR count). The van der Waals surface area contributed by atoms with Gasteiger partial charge in [-0.05, 0) is 18.2 Å². The van der Waals surface area contributed by atoms with Gasteiger partial charge in [-0.25, -0.2) is 9.78 Å². The lowest BCUT2D eigenvalue weighted by molar-refractivity contribution is 0.0691. The molecule has 0 saturated carbocycles. The smallest absolute Gasteiger partial charge is 0.355 e. The van der Waals surface area contributed by atoms with Crippen molar-refractivity contribution in [2.45, 2.75) is 0 Å². The van der Waals surface area contributed by atoms with Crippen LogP contribution in [0.1, 0.15) is 10.5 Å². The van der Waals surface area contributed by atoms with E-state index in [4.69, 9.17) is 5.11 Å². The minimum Gasteiger partial charge on any atom is -0.476 e. The number of carboxylic acid groups (broad SMARTS) is 1. The maximum Gasteiger partial charge on any atom is 0.355 e. The fourth-order valence-electron chi connectivity index (χ4n) is 1.12. The van der Waals surface area contributed by atoms with Crippen LogP contribution in [-0.4, -0.2) is 16.1 Å². The Labute approximate surface area is 104 Å². The van der Waals surface area contributed by atoms with Crippen LogP contribution >= 0.6 is 27.3 Å². The monoisotopic (exact) mass is 298 g/mol. The minimum atomic E-state index is -1.02. The Morgan fingerprint density at radius 3 is 2.94 bits per heavy atom. The Morgan fingerprint density at radius 2 is 2.31 bits per heavy atom. The van der Waals surface area contributed by atoms with Gasteiger partial charge in [0, 0.05) is 15.5 Å². The van der Waals surface area contributed by atoms with Crippen molar-refractivity contribution in [3.05, 3.63) is 39.8 Å². The summed E-state index contributed by atoms with van der Waals surface area (Å²) in [6, 6.07) is 7.57. The Morgan fingerprint density at radius 1 is 1.50 bits per heavy atom. The van der Waals surface area contributed by atoms with E-state index in [1.165, 1.54) is 16.7 Å². The first-order valence-corrected chi connectivity index (χ1v) is 6.04. The molecule has 1 aromatic carbocycles. The second-order valence-corrected chi connectivity index (χ2v) is 4.75. The molecule has 0 radical (unpaired) electrons. The zero-order chi connectivity index (χ0) is 11.5. The van der Waals surface area contributed by atoms with Crippen LogP contribution in [0.2, 0.25) is 0 Å². The highest BCUT2D eigenvalue weighted by atomic mass is 79.9. The van der Waals surface area contributed by atoms with E-state index in [0.29, 0.717) is 5.13 Å². The van der Waals surface area contributed by atoms with Crippen LogP contribution in [-0.2, 0) is 0 Å². The number of nitrogens with one attached hydrogen (secondary N) is 1. The highest BCUT2D eigenvalue weighted by Gasteiger charge is 2.08. The van der Waals surface area contributed by atoms with Gasteiger partial charge in [0.05, 0.1) is 0 Å². The third kappa shape index (κ3) is 2.59. The van der Waals surface area contributed by atoms with Gasteiger partial charge in [0.1, 0.15) is 0 Å². The summed E-state index contributed by atoms with van der Waals surface area (Å²) in [6.45, 7) is 0. The van der Waals surface area contributed by atoms with Crippen molar-refractivity contribution in [2.75, 3.05) is 5.32 Å². The molecule has 1 aromatic heterocycles. The van der Waals surface area contributed by atoms with Gasteiger partial charge in [-0.2, -0.15) is 0 Å². The SMILES string of the molecule is O=C(O)c1csc(Nc2cccc(Br)c2)n1. The zero-order valence-corrected chi connectivity index (χ0v) is 10.4. The van der Waals surface area contributed by atoms with Crippen molar-refractivity contribution < 1.29 is 9.90 Å². The molecule has 0 bridgehead atoms. The van der Waals surface area contributed by atoms with Crippen LogP contribution in [0.3, 0.4) is 0 Å². The van der Waals surface area contributed by atoms with E-state index in [2.05, 4.69) is 26.2 Å². The average Bonchev–Trinajstić information content (AvgIpc) is 2.66. The van der Waals surface area contributed by atoms with E-state index in [0.717, 1.165) is 10.2 Å². The molecule has 0 saturated heterocycles. The summed E-state index contributed by atoms with van der Waals surface area (Å²) in [4.78, 5) is 14.6. The predicted octanol–water partition coefficient (Wildman–Crippen LogP) is 3.35. The maximum atomic E-state index is 10.6. The highest BCUT2D eigenvalue weighted by Crippen LogP contribution is 2.23. The second kappa shape index (κ2) is 4.63. The minimum absolute atomic E-state index is 0.0579. The molecule has 0 unspecified atom stereocenters. The van der Waals surface area contributed by atoms with E-state index >= 15 is 0 Å². The zero-order valence-electron chi connectivity index (χ0n) is 7.98. The van der Waals surface area contributed by atoms with Gasteiger partial charge in [-0.15, -0.1) is 11.3 Å². The molecule has 82 valence electrons. The molecule has 2 aromatic rings. The first-order valence-electron chi connectivity index (χ1n) is 4.36. The van der Waals surface area contributed by atoms with Crippen molar-refractivity contribution in [2.24, 2.45) is 0 Å². The number of carbonyl (C=O) groups is 1. The summed E-state index contributed by atoms with van der Waals surface area (Å²) in [5, 5.41) is 13.8. The van der Waals surface area contributed by atoms with Gasteiger partial charge in [0.2, 0.25) is 0 Å². The van der Waals surface area contributed by atoms with Gasteiger partial charge in [0.15, 0.2) is 10.8 Å². The quantitative estimate of drug-likeness (QED) is 0.912. The highest BCUT2D eigenvalue weighted by molar-refractivity contribution is 9.10. The Bertz CT molecular complexity index is 527. The molecule has 1 heterocycles. The van der Waals surface area contributed by atoms with Gasteiger partial charge < -0.3 is 10.4 Å². The molecule has 0 fully saturated rings. The van der Waals surface area contributed by atoms with Crippen LogP contribution in [0, 0.1) is 0 Å². The number of thiazole rings is 1. The van der Waals surface area contributed by atoms with E-state index in [9.17, 15) is 4.79 Å². The lowest BCUT2D eigenvalue weighted by Gasteiger charge is -2.01. The average molecular weight is 299 g/mol. The standard InChI is InChI=1S/C10H7BrN2O2S/c11-6-2-1-3-7(4-6)12-10-13-8(5-16-10)9(14)15/h1-5H,(H,12,13)(H,14,15). The van der Waals surface area contributed by atoms with Gasteiger partial charge in [-0.1, -0.05) is 22.0 Å². The van der Waals surface area contributed by atoms with Crippen molar-refractivity contribution in [1.29, 1.82) is 0 Å². The van der Waals surface area contributed by atoms with Crippen molar-refractivity contribution in [1.82, 2.24) is 4.98 Å². The summed E-state index contributed by atoms with van der Waals surface area (Å²) in [7, 11) is 0. The number of benzene rings is 1. The van der Waals surface area contributed by atoms with Gasteiger partial charge in [-0.3, -0.25) is 0 Å². The molecule has 0 aliphatic rings. The van der Waals surface area contributed by atoms with Gasteiger partial charge >= 0.3 is 5.97 Å². The summed E-state index contributed by atoms with van der Waals surface area (Å²) in [5.74, 6) is -1.02. The van der Waals surface area contributed by atoms with Crippen LogP contribution in [0.25, 0.3) is 0 Å². The van der Waals surface area contributed by atoms with E-state index in [1.54, 1.807) is 0 Å². The Balaban J connectivity index is 2.17. The van der Waals surface area contributed by atoms with Crippen LogP contribution < -0.4 is 5.32 Å². The van der Waals surface area contributed by atoms with Crippen LogP contribution in [0.4, 0.5) is 10.8 Å². The van der Waals surface area contributed by atoms with Crippen LogP contribution in [0.15, 0.2) is 34.1 Å². The molecular formula is C10H7BrN2O2S. The van der Waals surface area contributed by atoms with Crippen molar-refractivity contribution in [3.8, 4) is 0 Å². The molecule has 4 nitrogen and oxygen atoms in total. The van der Waals surface area contributed by atoms with Crippen molar-refractivity contribution in [3.63, 3.8) is 0 Å². The molecule has 0 atom stereocenters. The lowest BCUT2D eigenvalue weighted by Crippen LogP contribution is -1.97. The summed E-state index contributed by atoms with van der Waals surface area (Å²) >= 11 is 4.61. The number of anilines is 2. The number of hydrogen-bond acceptors (Lipinski definition) is 4. The molecule has 2 N–H and O–H groups in total. The molecule has 16 heavy (non-hydrogen) atoms. The fourth-order valence-corrected chi connectivity index (χ4v) is 2.22. The molecule has 0 spiro atoms. The normalized spacial score (nSPS) is 10.1. The van der Waals surface area contributed by atoms with Crippen molar-refractivity contribution >= 4 is 44.1 Å². The molecule has 0 aliphatic heterocycles. The lowest BCUT2D eigenvalue weighted by atomic mass is 10.3. The third-order valence-corrected chi connectivity index (χ3v) is 3.05. The molecule has 0 aliphatic carbocycles. The van der Waals surface area contributed by atoms with E-state index < -0.39 is 5.97 Å². The summed E-state index contributed by atoms with van der Waals surface area (Å²) in [6.07, 6.45) is 0. The Hall–Kier alpha value is -1.40. The summed E-state index contributed by atoms with van der Waals surface area (Å²) < 4.78 is 0.951. The number of rotatable bonds is 3. The van der Waals surface area contributed by atoms with E-state index in [1.807, 2.05) is 24.3 Å². The number of hydrogen-bond donors (Lipinski definition) is 2. The van der Waals surface area contributed by atoms with Crippen LogP contribution in [0.5, 0.6) is 0 Å². The number of nitrogens with zero attached hydrogens (tertiary/aromatic N) is 1. The molecular weight excluding hydrogens is 292 g/mol. The predicted molar refractivity (Wildman–Crippen MR) is 66.5 cm³/mol. The topological polar surface area (TPSA) is 62.2 Å². The molecule has 0 amide bonds. The van der Waals surface area contributed by atoms with Gasteiger partial charge in [0.25, 0.3) is 0 Å². The Kier molecular flexibility index (Phi) is 3.21. The third-order valence-electron chi connectivity index (χ3n) is 1.80. The number of aromatic nitrogens is 1. The summed E-state index contributed by atoms with van der Waals surface area (Å²) in [5.41, 5.74) is 0.920. The fraction of sp³-hybridized carbons (Fsp3) is 0. The number of carboxylic acids is 1. The largest absolute Gasteiger partial charge is 0.476 e. The first kappa shape index (κ1) is 11.1. The number of halogens is 1.